The van der Waals surface area contributed by atoms with Crippen molar-refractivity contribution < 1.29 is 22.7 Å². The van der Waals surface area contributed by atoms with Crippen LogP contribution in [-0.4, -0.2) is 76.7 Å². The van der Waals surface area contributed by atoms with Crippen LogP contribution in [0.1, 0.15) is 5.56 Å². The number of para-hydroxylation sites is 1. The summed E-state index contributed by atoms with van der Waals surface area (Å²) in [6.07, 6.45) is 2.45. The normalized spacial score (nSPS) is 14.3. The van der Waals surface area contributed by atoms with Gasteiger partial charge in [-0.3, -0.25) is 14.3 Å². The maximum atomic E-state index is 13.4. The zero-order chi connectivity index (χ0) is 34.5. The molecule has 3 aromatic heterocycles. The van der Waals surface area contributed by atoms with E-state index in [2.05, 4.69) is 25.6 Å². The van der Waals surface area contributed by atoms with Crippen LogP contribution in [-0.2, 0) is 23.4 Å². The summed E-state index contributed by atoms with van der Waals surface area (Å²) in [5.74, 6) is 1.10. The molecule has 2 N–H and O–H groups in total. The van der Waals surface area contributed by atoms with E-state index in [-0.39, 0.29) is 42.0 Å². The number of carbonyl (C=O) groups excluding carboxylic acids is 1. The lowest BCUT2D eigenvalue weighted by Gasteiger charge is -2.26. The third-order valence-corrected chi connectivity index (χ3v) is 10.1. The summed E-state index contributed by atoms with van der Waals surface area (Å²) in [6, 6.07) is 17.1. The van der Waals surface area contributed by atoms with Crippen molar-refractivity contribution in [3.63, 3.8) is 0 Å². The Morgan fingerprint density at radius 1 is 0.980 bits per heavy atom. The smallest absolute Gasteiger partial charge is 0.412 e. The molecule has 254 valence electrons. The number of amides is 1. The number of carbonyl (C=O) groups is 1. The molecule has 0 spiro atoms. The highest BCUT2D eigenvalue weighted by molar-refractivity contribution is 7.91. The first-order valence-corrected chi connectivity index (χ1v) is 17.8. The fraction of sp³-hybridized carbons (Fsp3) is 0.242. The number of nitrogens with zero attached hydrogens (tertiary/aromatic N) is 5. The lowest BCUT2D eigenvalue weighted by atomic mass is 10.1. The van der Waals surface area contributed by atoms with Crippen LogP contribution in [0.5, 0.6) is 11.6 Å². The predicted molar refractivity (Wildman–Crippen MR) is 188 cm³/mol. The second-order valence-corrected chi connectivity index (χ2v) is 14.3. The van der Waals surface area contributed by atoms with E-state index in [0.717, 1.165) is 0 Å². The van der Waals surface area contributed by atoms with Gasteiger partial charge in [0, 0.05) is 49.4 Å². The highest BCUT2D eigenvalue weighted by atomic mass is 35.5. The van der Waals surface area contributed by atoms with E-state index < -0.39 is 15.9 Å². The van der Waals surface area contributed by atoms with Crippen molar-refractivity contribution in [2.45, 2.75) is 6.54 Å². The number of pyridine rings is 2. The molecule has 0 radical (unpaired) electrons. The van der Waals surface area contributed by atoms with Gasteiger partial charge < -0.3 is 20.1 Å². The van der Waals surface area contributed by atoms with Crippen molar-refractivity contribution in [3.05, 3.63) is 99.0 Å². The van der Waals surface area contributed by atoms with E-state index in [0.29, 0.717) is 68.8 Å². The summed E-state index contributed by atoms with van der Waals surface area (Å²) in [5.41, 5.74) is 1.82. The zero-order valence-electron chi connectivity index (χ0n) is 26.2. The third kappa shape index (κ3) is 8.28. The van der Waals surface area contributed by atoms with Crippen LogP contribution in [0.2, 0.25) is 10.0 Å². The monoisotopic (exact) mass is 723 g/mol. The molecule has 13 nitrogen and oxygen atoms in total. The Morgan fingerprint density at radius 2 is 1.71 bits per heavy atom. The second kappa shape index (κ2) is 14.8. The number of halogens is 2. The van der Waals surface area contributed by atoms with E-state index >= 15 is 0 Å². The minimum absolute atomic E-state index is 0.0198. The molecule has 5 aromatic rings. The summed E-state index contributed by atoms with van der Waals surface area (Å²) in [6.45, 7) is 1.66. The number of sulfone groups is 1. The highest BCUT2D eigenvalue weighted by Gasteiger charge is 2.22. The number of anilines is 2. The summed E-state index contributed by atoms with van der Waals surface area (Å²) >= 11 is 12.8. The van der Waals surface area contributed by atoms with Crippen molar-refractivity contribution in [2.24, 2.45) is 7.05 Å². The molecule has 1 fully saturated rings. The summed E-state index contributed by atoms with van der Waals surface area (Å²) in [5, 5.41) is 7.12. The van der Waals surface area contributed by atoms with E-state index in [1.807, 2.05) is 11.0 Å². The van der Waals surface area contributed by atoms with Crippen molar-refractivity contribution in [1.82, 2.24) is 29.7 Å². The van der Waals surface area contributed by atoms with Crippen LogP contribution in [0.25, 0.3) is 22.2 Å². The molecule has 49 heavy (non-hydrogen) atoms. The van der Waals surface area contributed by atoms with Gasteiger partial charge in [-0.2, -0.15) is 4.98 Å². The van der Waals surface area contributed by atoms with E-state index in [1.165, 1.54) is 10.8 Å². The SMILES string of the molecule is Cn1c(=O)c(-c2c(Cl)cccc2Cl)cc2cnc(Nc3cnc(OCCN4CCS(=O)(=O)CC4)c(CNC(=O)Oc4ccccc4)c3)nc21. The minimum Gasteiger partial charge on any atom is -0.476 e. The van der Waals surface area contributed by atoms with Crippen molar-refractivity contribution in [1.29, 1.82) is 0 Å². The van der Waals surface area contributed by atoms with Crippen LogP contribution in [0.15, 0.2) is 77.9 Å². The van der Waals surface area contributed by atoms with Gasteiger partial charge in [-0.15, -0.1) is 0 Å². The van der Waals surface area contributed by atoms with Crippen LogP contribution in [0.3, 0.4) is 0 Å². The minimum atomic E-state index is -2.99. The van der Waals surface area contributed by atoms with Gasteiger partial charge >= 0.3 is 6.09 Å². The molecular formula is C33H31Cl2N7O6S. The molecule has 6 rings (SSSR count). The highest BCUT2D eigenvalue weighted by Crippen LogP contribution is 2.34. The summed E-state index contributed by atoms with van der Waals surface area (Å²) < 4.78 is 36.3. The van der Waals surface area contributed by atoms with Gasteiger partial charge in [-0.25, -0.2) is 23.2 Å². The van der Waals surface area contributed by atoms with Crippen LogP contribution >= 0.6 is 23.2 Å². The average Bonchev–Trinajstić information content (AvgIpc) is 3.08. The number of benzene rings is 2. The number of hydrogen-bond donors (Lipinski definition) is 2. The lowest BCUT2D eigenvalue weighted by molar-refractivity contribution is 0.199. The molecule has 0 bridgehead atoms. The molecule has 1 aliphatic heterocycles. The topological polar surface area (TPSA) is 158 Å². The molecule has 4 heterocycles. The molecular weight excluding hydrogens is 693 g/mol. The molecule has 1 saturated heterocycles. The number of aromatic nitrogens is 4. The maximum absolute atomic E-state index is 13.4. The molecule has 2 aromatic carbocycles. The Hall–Kier alpha value is -4.76. The molecule has 0 atom stereocenters. The zero-order valence-corrected chi connectivity index (χ0v) is 28.6. The summed E-state index contributed by atoms with van der Waals surface area (Å²) in [4.78, 5) is 41.4. The van der Waals surface area contributed by atoms with Gasteiger partial charge in [-0.05, 0) is 36.4 Å². The number of rotatable bonds is 10. The molecule has 16 heteroatoms. The Bertz CT molecular complexity index is 2150. The van der Waals surface area contributed by atoms with Crippen LogP contribution < -0.4 is 25.7 Å². The lowest BCUT2D eigenvalue weighted by Crippen LogP contribution is -2.42. The van der Waals surface area contributed by atoms with Gasteiger partial charge in [0.05, 0.1) is 45.5 Å². The van der Waals surface area contributed by atoms with Crippen LogP contribution in [0.4, 0.5) is 16.4 Å². The second-order valence-electron chi connectivity index (χ2n) is 11.2. The van der Waals surface area contributed by atoms with E-state index in [9.17, 15) is 18.0 Å². The maximum Gasteiger partial charge on any atom is 0.412 e. The fourth-order valence-corrected chi connectivity index (χ4v) is 7.12. The standard InChI is InChI=1S/C33H31Cl2N7O6S/c1-41-29-21(17-25(31(41)43)28-26(34)8-5-9-27(28)35)18-37-32(40-29)39-23-16-22(19-38-33(44)48-24-6-3-2-4-7-24)30(36-20-23)47-13-10-42-11-14-49(45,46)15-12-42/h2-9,16-18,20H,10-15,19H2,1H3,(H,38,44)(H,37,39,40). The molecule has 0 saturated carbocycles. The Morgan fingerprint density at radius 3 is 2.45 bits per heavy atom. The predicted octanol–water partition coefficient (Wildman–Crippen LogP) is 4.84. The molecule has 0 unspecified atom stereocenters. The first-order chi connectivity index (χ1) is 23.6. The average molecular weight is 725 g/mol. The third-order valence-electron chi connectivity index (χ3n) is 7.82. The first kappa shape index (κ1) is 34.1. The Labute approximate surface area is 291 Å². The van der Waals surface area contributed by atoms with E-state index in [1.54, 1.807) is 67.8 Å². The van der Waals surface area contributed by atoms with E-state index in [4.69, 9.17) is 32.7 Å². The van der Waals surface area contributed by atoms with Crippen molar-refractivity contribution in [2.75, 3.05) is 43.1 Å². The van der Waals surface area contributed by atoms with Gasteiger partial charge in [0.15, 0.2) is 9.84 Å². The quantitative estimate of drug-likeness (QED) is 0.203. The first-order valence-electron chi connectivity index (χ1n) is 15.2. The van der Waals surface area contributed by atoms with Gasteiger partial charge in [-0.1, -0.05) is 47.5 Å². The van der Waals surface area contributed by atoms with Gasteiger partial charge in [0.1, 0.15) is 18.0 Å². The number of nitrogens with one attached hydrogen (secondary N) is 2. The molecule has 1 aliphatic rings. The van der Waals surface area contributed by atoms with Gasteiger partial charge in [0.2, 0.25) is 11.8 Å². The van der Waals surface area contributed by atoms with Crippen molar-refractivity contribution in [3.8, 4) is 22.8 Å². The van der Waals surface area contributed by atoms with Crippen LogP contribution in [0, 0.1) is 0 Å². The summed E-state index contributed by atoms with van der Waals surface area (Å²) in [7, 11) is -1.39. The number of hydrogen-bond acceptors (Lipinski definition) is 11. The Balaban J connectivity index is 1.21. The number of aryl methyl sites for hydroxylation is 1. The number of fused-ring (bicyclic) bond motifs is 1. The number of ether oxygens (including phenoxy) is 2. The molecule has 1 amide bonds. The Kier molecular flexibility index (Phi) is 10.3. The molecule has 0 aliphatic carbocycles. The fourth-order valence-electron chi connectivity index (χ4n) is 5.24. The largest absolute Gasteiger partial charge is 0.476 e. The van der Waals surface area contributed by atoms with Gasteiger partial charge in [0.25, 0.3) is 5.56 Å². The van der Waals surface area contributed by atoms with Crippen molar-refractivity contribution >= 4 is 61.8 Å².